The van der Waals surface area contributed by atoms with E-state index < -0.39 is 0 Å². The van der Waals surface area contributed by atoms with Crippen molar-refractivity contribution in [3.63, 3.8) is 0 Å². The highest BCUT2D eigenvalue weighted by Gasteiger charge is 2.11. The molecule has 74 valence electrons. The summed E-state index contributed by atoms with van der Waals surface area (Å²) in [6.07, 6.45) is 1.69. The Balaban J connectivity index is 3.18. The summed E-state index contributed by atoms with van der Waals surface area (Å²) in [6, 6.07) is 5.28. The minimum atomic E-state index is -0.0915. The fraction of sp³-hybridized carbons (Fsp3) is 0.182. The van der Waals surface area contributed by atoms with Gasteiger partial charge in [-0.25, -0.2) is 0 Å². The number of carbonyl (C=O) groups is 1. The van der Waals surface area contributed by atoms with Gasteiger partial charge in [-0.15, -0.1) is 0 Å². The van der Waals surface area contributed by atoms with Crippen LogP contribution in [0.2, 0.25) is 0 Å². The molecule has 0 saturated carbocycles. The van der Waals surface area contributed by atoms with Crippen molar-refractivity contribution in [1.82, 2.24) is 4.90 Å². The van der Waals surface area contributed by atoms with Gasteiger partial charge in [0.1, 0.15) is 0 Å². The average Bonchev–Trinajstić information content (AvgIpc) is 2.17. The van der Waals surface area contributed by atoms with Crippen LogP contribution in [0.4, 0.5) is 5.69 Å². The van der Waals surface area contributed by atoms with Crippen LogP contribution in [0.5, 0.6) is 0 Å². The molecule has 14 heavy (non-hydrogen) atoms. The van der Waals surface area contributed by atoms with E-state index in [4.69, 9.17) is 5.73 Å². The molecule has 0 aliphatic heterocycles. The van der Waals surface area contributed by atoms with Crippen molar-refractivity contribution in [2.45, 2.75) is 0 Å². The Kier molecular flexibility index (Phi) is 2.92. The number of hydrogen-bond donors (Lipinski definition) is 1. The maximum Gasteiger partial charge on any atom is 0.255 e. The number of benzene rings is 1. The lowest BCUT2D eigenvalue weighted by Gasteiger charge is -2.12. The molecule has 1 rings (SSSR count). The van der Waals surface area contributed by atoms with Gasteiger partial charge in [-0.3, -0.25) is 4.79 Å². The van der Waals surface area contributed by atoms with Crippen molar-refractivity contribution in [3.05, 3.63) is 35.9 Å². The molecule has 0 aliphatic rings. The minimum Gasteiger partial charge on any atom is -0.398 e. The highest BCUT2D eigenvalue weighted by molar-refractivity contribution is 5.99. The maximum atomic E-state index is 11.6. The van der Waals surface area contributed by atoms with E-state index in [2.05, 4.69) is 6.58 Å². The standard InChI is InChI=1S/C11H14N2O/c1-4-8-5-6-10(12)9(7-8)11(14)13(2)3/h4-7H,1,12H2,2-3H3. The molecule has 0 aromatic heterocycles. The van der Waals surface area contributed by atoms with Crippen LogP contribution in [-0.4, -0.2) is 24.9 Å². The number of nitrogens with two attached hydrogens (primary N) is 1. The number of anilines is 1. The molecular weight excluding hydrogens is 176 g/mol. The van der Waals surface area contributed by atoms with Gasteiger partial charge in [0.05, 0.1) is 5.56 Å². The van der Waals surface area contributed by atoms with E-state index in [0.717, 1.165) is 5.56 Å². The van der Waals surface area contributed by atoms with Crippen LogP contribution in [0.1, 0.15) is 15.9 Å². The minimum absolute atomic E-state index is 0.0915. The molecule has 1 aromatic rings. The quantitative estimate of drug-likeness (QED) is 0.720. The summed E-state index contributed by atoms with van der Waals surface area (Å²) in [6.45, 7) is 3.64. The first kappa shape index (κ1) is 10.3. The predicted molar refractivity (Wildman–Crippen MR) is 59.0 cm³/mol. The van der Waals surface area contributed by atoms with Gasteiger partial charge in [0.15, 0.2) is 0 Å². The molecule has 0 aliphatic carbocycles. The lowest BCUT2D eigenvalue weighted by molar-refractivity contribution is 0.0828. The predicted octanol–water partition coefficient (Wildman–Crippen LogP) is 1.61. The topological polar surface area (TPSA) is 46.3 Å². The lowest BCUT2D eigenvalue weighted by Crippen LogP contribution is -2.22. The smallest absolute Gasteiger partial charge is 0.255 e. The first-order valence-electron chi connectivity index (χ1n) is 4.30. The van der Waals surface area contributed by atoms with E-state index in [1.54, 1.807) is 32.3 Å². The molecule has 0 atom stereocenters. The highest BCUT2D eigenvalue weighted by Crippen LogP contribution is 2.16. The second-order valence-corrected chi connectivity index (χ2v) is 3.25. The van der Waals surface area contributed by atoms with E-state index in [0.29, 0.717) is 11.3 Å². The molecule has 0 unspecified atom stereocenters. The Morgan fingerprint density at radius 1 is 1.50 bits per heavy atom. The Bertz CT molecular complexity index is 370. The van der Waals surface area contributed by atoms with E-state index in [-0.39, 0.29) is 5.91 Å². The number of rotatable bonds is 2. The van der Waals surface area contributed by atoms with Crippen molar-refractivity contribution in [3.8, 4) is 0 Å². The van der Waals surface area contributed by atoms with E-state index in [9.17, 15) is 4.79 Å². The Labute approximate surface area is 83.8 Å². The normalized spacial score (nSPS) is 9.57. The van der Waals surface area contributed by atoms with Crippen molar-refractivity contribution in [2.75, 3.05) is 19.8 Å². The molecule has 1 aromatic carbocycles. The van der Waals surface area contributed by atoms with Crippen LogP contribution in [0, 0.1) is 0 Å². The second kappa shape index (κ2) is 3.96. The summed E-state index contributed by atoms with van der Waals surface area (Å²) < 4.78 is 0. The summed E-state index contributed by atoms with van der Waals surface area (Å²) in [7, 11) is 3.39. The van der Waals surface area contributed by atoms with Crippen LogP contribution >= 0.6 is 0 Å². The molecule has 0 heterocycles. The fourth-order valence-electron chi connectivity index (χ4n) is 1.13. The summed E-state index contributed by atoms with van der Waals surface area (Å²) in [5, 5.41) is 0. The largest absolute Gasteiger partial charge is 0.398 e. The molecule has 3 nitrogen and oxygen atoms in total. The number of carbonyl (C=O) groups excluding carboxylic acids is 1. The molecule has 1 amide bonds. The number of nitrogen functional groups attached to an aromatic ring is 1. The summed E-state index contributed by atoms with van der Waals surface area (Å²) in [5.74, 6) is -0.0915. The Hall–Kier alpha value is -1.77. The molecule has 0 fully saturated rings. The number of nitrogens with zero attached hydrogens (tertiary/aromatic N) is 1. The molecule has 0 saturated heterocycles. The summed E-state index contributed by atoms with van der Waals surface area (Å²) in [5.41, 5.74) is 7.61. The zero-order valence-corrected chi connectivity index (χ0v) is 8.45. The molecule has 2 N–H and O–H groups in total. The summed E-state index contributed by atoms with van der Waals surface area (Å²) >= 11 is 0. The van der Waals surface area contributed by atoms with Crippen molar-refractivity contribution < 1.29 is 4.79 Å². The van der Waals surface area contributed by atoms with Crippen LogP contribution in [0.15, 0.2) is 24.8 Å². The third kappa shape index (κ3) is 1.93. The zero-order valence-electron chi connectivity index (χ0n) is 8.45. The van der Waals surface area contributed by atoms with Crippen molar-refractivity contribution in [1.29, 1.82) is 0 Å². The first-order chi connectivity index (χ1) is 6.56. The molecule has 0 bridgehead atoms. The molecular formula is C11H14N2O. The van der Waals surface area contributed by atoms with Gasteiger partial charge in [0, 0.05) is 19.8 Å². The van der Waals surface area contributed by atoms with Crippen molar-refractivity contribution >= 4 is 17.7 Å². The second-order valence-electron chi connectivity index (χ2n) is 3.25. The number of amides is 1. The fourth-order valence-corrected chi connectivity index (χ4v) is 1.13. The number of hydrogen-bond acceptors (Lipinski definition) is 2. The van der Waals surface area contributed by atoms with Gasteiger partial charge < -0.3 is 10.6 Å². The van der Waals surface area contributed by atoms with E-state index >= 15 is 0 Å². The molecule has 3 heteroatoms. The van der Waals surface area contributed by atoms with Gasteiger partial charge in [-0.1, -0.05) is 18.7 Å². The van der Waals surface area contributed by atoms with Gasteiger partial charge in [0.2, 0.25) is 0 Å². The van der Waals surface area contributed by atoms with Gasteiger partial charge >= 0.3 is 0 Å². The van der Waals surface area contributed by atoms with Crippen LogP contribution < -0.4 is 5.73 Å². The van der Waals surface area contributed by atoms with Gasteiger partial charge in [-0.05, 0) is 17.7 Å². The van der Waals surface area contributed by atoms with E-state index in [1.807, 2.05) is 6.07 Å². The average molecular weight is 190 g/mol. The Morgan fingerprint density at radius 3 is 2.64 bits per heavy atom. The van der Waals surface area contributed by atoms with E-state index in [1.165, 1.54) is 4.90 Å². The highest BCUT2D eigenvalue weighted by atomic mass is 16.2. The SMILES string of the molecule is C=Cc1ccc(N)c(C(=O)N(C)C)c1. The first-order valence-corrected chi connectivity index (χ1v) is 4.30. The molecule has 0 spiro atoms. The zero-order chi connectivity index (χ0) is 10.7. The summed E-state index contributed by atoms with van der Waals surface area (Å²) in [4.78, 5) is 13.1. The van der Waals surface area contributed by atoms with Gasteiger partial charge in [0.25, 0.3) is 5.91 Å². The van der Waals surface area contributed by atoms with Crippen LogP contribution in [0.3, 0.4) is 0 Å². The van der Waals surface area contributed by atoms with Crippen molar-refractivity contribution in [2.24, 2.45) is 0 Å². The van der Waals surface area contributed by atoms with Crippen LogP contribution in [-0.2, 0) is 0 Å². The third-order valence-electron chi connectivity index (χ3n) is 1.95. The third-order valence-corrected chi connectivity index (χ3v) is 1.95. The van der Waals surface area contributed by atoms with Crippen LogP contribution in [0.25, 0.3) is 6.08 Å². The van der Waals surface area contributed by atoms with Gasteiger partial charge in [-0.2, -0.15) is 0 Å². The Morgan fingerprint density at radius 2 is 2.14 bits per heavy atom. The lowest BCUT2D eigenvalue weighted by atomic mass is 10.1. The monoisotopic (exact) mass is 190 g/mol. The molecule has 0 radical (unpaired) electrons. The maximum absolute atomic E-state index is 11.6.